The summed E-state index contributed by atoms with van der Waals surface area (Å²) in [5, 5.41) is 4.48. The van der Waals surface area contributed by atoms with Crippen LogP contribution in [0.5, 0.6) is 0 Å². The molecule has 0 spiro atoms. The molecule has 0 N–H and O–H groups in total. The van der Waals surface area contributed by atoms with Gasteiger partial charge in [-0.1, -0.05) is 107 Å². The monoisotopic (exact) mass is 884 g/mol. The van der Waals surface area contributed by atoms with Crippen molar-refractivity contribution in [3.8, 4) is 0 Å². The highest BCUT2D eigenvalue weighted by atomic mass is 31.1. The standard InChI is InChI=1S/C53H75NO6P2/c1-30-26-38(50(9,10)11)46-42(34(30)5)43-35(6)31(2)27-39(51(12,13)14)47(43)58-61(57-46)55-24-22-54(21)23-25-56-62-59-48-40(52(15,16)17)28-32(3)36(7)44(48)45-37(8)33(4)29-41(49(45)60-62)53(18,19)20/h26-29H,22-25H2,1-21H3. The maximum Gasteiger partial charge on any atom is 0.387 e. The minimum Gasteiger partial charge on any atom is -0.399 e. The summed E-state index contributed by atoms with van der Waals surface area (Å²) in [6.07, 6.45) is 0. The number of fused-ring (bicyclic) bond motifs is 6. The van der Waals surface area contributed by atoms with Crippen LogP contribution in [0.15, 0.2) is 41.1 Å². The Bertz CT molecular complexity index is 2410. The summed E-state index contributed by atoms with van der Waals surface area (Å²) >= 11 is 0. The lowest BCUT2D eigenvalue weighted by Gasteiger charge is -2.23. The highest BCUT2D eigenvalue weighted by Gasteiger charge is 2.29. The van der Waals surface area contributed by atoms with Crippen molar-refractivity contribution in [2.45, 2.75) is 160 Å². The van der Waals surface area contributed by atoms with E-state index in [1.165, 1.54) is 44.5 Å². The van der Waals surface area contributed by atoms with Crippen LogP contribution in [0.1, 0.15) is 150 Å². The van der Waals surface area contributed by atoms with Crippen molar-refractivity contribution in [3.05, 3.63) is 91.0 Å². The minimum absolute atomic E-state index is 0.159. The Kier molecular flexibility index (Phi) is 13.3. The Labute approximate surface area is 374 Å². The van der Waals surface area contributed by atoms with E-state index in [9.17, 15) is 0 Å². The zero-order valence-corrected chi connectivity index (χ0v) is 43.7. The molecule has 6 aromatic rings. The highest BCUT2D eigenvalue weighted by molar-refractivity contribution is 7.32. The zero-order valence-electron chi connectivity index (χ0n) is 41.9. The first-order valence-corrected chi connectivity index (χ1v) is 24.6. The van der Waals surface area contributed by atoms with Gasteiger partial charge in [-0.2, -0.15) is 0 Å². The molecule has 2 heterocycles. The van der Waals surface area contributed by atoms with Crippen molar-refractivity contribution in [1.29, 1.82) is 0 Å². The first-order valence-electron chi connectivity index (χ1n) is 22.4. The topological polar surface area (TPSA) is 74.3 Å². The van der Waals surface area contributed by atoms with Crippen LogP contribution in [0.4, 0.5) is 0 Å². The third-order valence-electron chi connectivity index (χ3n) is 12.9. The third-order valence-corrected chi connectivity index (χ3v) is 15.0. The zero-order chi connectivity index (χ0) is 46.2. The molecule has 0 atom stereocenters. The number of benzene rings is 4. The quantitative estimate of drug-likeness (QED) is 0.151. The molecule has 0 aliphatic heterocycles. The number of nitrogens with zero attached hydrogens (tertiary/aromatic N) is 1. The Balaban J connectivity index is 1.36. The fraction of sp³-hybridized carbons (Fsp3) is 0.547. The van der Waals surface area contributed by atoms with Gasteiger partial charge in [-0.3, -0.25) is 9.05 Å². The number of rotatable bonds is 8. The van der Waals surface area contributed by atoms with Gasteiger partial charge >= 0.3 is 16.5 Å². The summed E-state index contributed by atoms with van der Waals surface area (Å²) in [4.78, 5) is 2.22. The number of aryl methyl sites for hydroxylation is 8. The molecule has 62 heavy (non-hydrogen) atoms. The van der Waals surface area contributed by atoms with Crippen LogP contribution in [0.3, 0.4) is 0 Å². The first-order chi connectivity index (χ1) is 28.5. The first kappa shape index (κ1) is 48.0. The van der Waals surface area contributed by atoms with E-state index in [0.29, 0.717) is 26.3 Å². The lowest BCUT2D eigenvalue weighted by atomic mass is 9.81. The molecular weight excluding hydrogens is 809 g/mol. The second-order valence-corrected chi connectivity index (χ2v) is 24.2. The average molecular weight is 884 g/mol. The molecule has 0 fully saturated rings. The van der Waals surface area contributed by atoms with Gasteiger partial charge < -0.3 is 21.7 Å². The van der Waals surface area contributed by atoms with Crippen molar-refractivity contribution in [3.63, 3.8) is 0 Å². The molecule has 2 aromatic heterocycles. The molecule has 0 bridgehead atoms. The molecule has 0 unspecified atom stereocenters. The van der Waals surface area contributed by atoms with Crippen LogP contribution < -0.4 is 9.05 Å². The molecule has 6 rings (SSSR count). The Morgan fingerprint density at radius 1 is 0.403 bits per heavy atom. The second kappa shape index (κ2) is 17.2. The Morgan fingerprint density at radius 2 is 0.613 bits per heavy atom. The summed E-state index contributed by atoms with van der Waals surface area (Å²) in [7, 11) is -1.47. The summed E-state index contributed by atoms with van der Waals surface area (Å²) in [5.41, 5.74) is 17.3. The summed E-state index contributed by atoms with van der Waals surface area (Å²) in [6, 6.07) is 9.15. The van der Waals surface area contributed by atoms with Gasteiger partial charge in [-0.15, -0.1) is 0 Å². The van der Waals surface area contributed by atoms with Gasteiger partial charge in [0.15, 0.2) is 0 Å². The van der Waals surface area contributed by atoms with E-state index in [1.54, 1.807) is 0 Å². The predicted molar refractivity (Wildman–Crippen MR) is 266 cm³/mol. The second-order valence-electron chi connectivity index (χ2n) is 22.1. The summed E-state index contributed by atoms with van der Waals surface area (Å²) in [6.45, 7) is 46.8. The van der Waals surface area contributed by atoms with Crippen molar-refractivity contribution in [2.24, 2.45) is 0 Å². The molecular formula is C53H75NO6P2. The molecule has 0 radical (unpaired) electrons. The Morgan fingerprint density at radius 3 is 0.806 bits per heavy atom. The largest absolute Gasteiger partial charge is 0.399 e. The maximum absolute atomic E-state index is 6.95. The fourth-order valence-electron chi connectivity index (χ4n) is 8.48. The van der Waals surface area contributed by atoms with Gasteiger partial charge in [-0.05, 0) is 129 Å². The Hall–Kier alpha value is -3.44. The van der Waals surface area contributed by atoms with Gasteiger partial charge in [0.05, 0.1) is 13.2 Å². The molecule has 4 aromatic carbocycles. The van der Waals surface area contributed by atoms with Crippen LogP contribution in [-0.4, -0.2) is 38.3 Å². The van der Waals surface area contributed by atoms with Gasteiger partial charge in [0.1, 0.15) is 22.3 Å². The van der Waals surface area contributed by atoms with E-state index in [2.05, 4.69) is 175 Å². The smallest absolute Gasteiger partial charge is 0.387 e. The van der Waals surface area contributed by atoms with Crippen molar-refractivity contribution >= 4 is 60.4 Å². The van der Waals surface area contributed by atoms with E-state index in [-0.39, 0.29) is 21.7 Å². The van der Waals surface area contributed by atoms with Gasteiger partial charge in [0.25, 0.3) is 0 Å². The van der Waals surface area contributed by atoms with Crippen LogP contribution in [-0.2, 0) is 21.7 Å². The SMILES string of the molecule is Cc1cc(C(C)(C)C)c2op(OCCN(C)CCOp3oc4c(C(C)(C)C)cc(C)c(C)c4c4c(C)c(C)cc(C(C)(C)C)c4o3)oc3c(C(C)(C)C)cc(C)c(C)c3c2c1C. The third kappa shape index (κ3) is 9.36. The normalized spacial score (nSPS) is 13.1. The molecule has 338 valence electrons. The highest BCUT2D eigenvalue weighted by Crippen LogP contribution is 2.47. The number of hydrogen-bond acceptors (Lipinski definition) is 7. The molecule has 0 aliphatic carbocycles. The minimum atomic E-state index is -1.78. The summed E-state index contributed by atoms with van der Waals surface area (Å²) < 4.78 is 41.1. The van der Waals surface area contributed by atoms with Crippen molar-refractivity contribution < 1.29 is 25.8 Å². The lowest BCUT2D eigenvalue weighted by Crippen LogP contribution is -2.28. The van der Waals surface area contributed by atoms with Crippen molar-refractivity contribution in [2.75, 3.05) is 33.4 Å². The van der Waals surface area contributed by atoms with E-state index in [4.69, 9.17) is 25.8 Å². The van der Waals surface area contributed by atoms with Crippen LogP contribution in [0.2, 0.25) is 0 Å². The van der Waals surface area contributed by atoms with Crippen LogP contribution in [0.25, 0.3) is 43.9 Å². The molecule has 9 heteroatoms. The molecule has 0 aliphatic rings. The van der Waals surface area contributed by atoms with Gasteiger partial charge in [-0.25, -0.2) is 0 Å². The lowest BCUT2D eigenvalue weighted by molar-refractivity contribution is 0.235. The average Bonchev–Trinajstić information content (AvgIpc) is 3.41. The molecule has 0 saturated heterocycles. The van der Waals surface area contributed by atoms with Gasteiger partial charge in [0.2, 0.25) is 0 Å². The number of hydrogen-bond donors (Lipinski definition) is 0. The van der Waals surface area contributed by atoms with E-state index in [0.717, 1.165) is 66.1 Å². The van der Waals surface area contributed by atoms with Gasteiger partial charge in [0, 0.05) is 56.9 Å². The molecule has 0 amide bonds. The fourth-order valence-corrected chi connectivity index (χ4v) is 10.6. The summed E-state index contributed by atoms with van der Waals surface area (Å²) in [5.74, 6) is 0. The molecule has 7 nitrogen and oxygen atoms in total. The predicted octanol–water partition coefficient (Wildman–Crippen LogP) is 16.0. The molecule has 0 saturated carbocycles. The van der Waals surface area contributed by atoms with Crippen molar-refractivity contribution in [1.82, 2.24) is 4.90 Å². The van der Waals surface area contributed by atoms with Crippen LogP contribution >= 0.6 is 16.5 Å². The van der Waals surface area contributed by atoms with E-state index < -0.39 is 16.5 Å². The maximum atomic E-state index is 6.95. The van der Waals surface area contributed by atoms with Crippen LogP contribution in [0, 0.1) is 55.4 Å². The van der Waals surface area contributed by atoms with E-state index >= 15 is 0 Å². The number of likely N-dealkylation sites (N-methyl/N-ethyl adjacent to an activating group) is 1. The van der Waals surface area contributed by atoms with E-state index in [1.807, 2.05) is 0 Å².